The lowest BCUT2D eigenvalue weighted by molar-refractivity contribution is -0.118. The van der Waals surface area contributed by atoms with Crippen LogP contribution in [0, 0.1) is 17.2 Å². The van der Waals surface area contributed by atoms with Gasteiger partial charge in [-0.15, -0.1) is 11.3 Å². The number of benzene rings is 1. The Hall–Kier alpha value is -2.65. The monoisotopic (exact) mass is 327 g/mol. The van der Waals surface area contributed by atoms with E-state index < -0.39 is 6.04 Å². The third-order valence-electron chi connectivity index (χ3n) is 3.26. The van der Waals surface area contributed by atoms with Crippen molar-refractivity contribution < 1.29 is 9.59 Å². The van der Waals surface area contributed by atoms with Gasteiger partial charge in [-0.3, -0.25) is 9.59 Å². The second-order valence-corrected chi connectivity index (χ2v) is 6.30. The van der Waals surface area contributed by atoms with Gasteiger partial charge in [0.25, 0.3) is 5.91 Å². The molecule has 0 fully saturated rings. The lowest BCUT2D eigenvalue weighted by Gasteiger charge is -2.21. The number of nitrogens with zero attached hydrogens (tertiary/aromatic N) is 1. The molecule has 2 rings (SSSR count). The smallest absolute Gasteiger partial charge is 0.262 e. The summed E-state index contributed by atoms with van der Waals surface area (Å²) in [6.45, 7) is 3.75. The minimum absolute atomic E-state index is 0.0581. The molecule has 1 unspecified atom stereocenters. The van der Waals surface area contributed by atoms with Gasteiger partial charge in [-0.25, -0.2) is 0 Å². The number of hydrogen-bond acceptors (Lipinski definition) is 4. The molecule has 0 aliphatic carbocycles. The van der Waals surface area contributed by atoms with Gasteiger partial charge in [0.15, 0.2) is 0 Å². The van der Waals surface area contributed by atoms with Crippen LogP contribution in [0.5, 0.6) is 0 Å². The Morgan fingerprint density at radius 2 is 1.87 bits per heavy atom. The van der Waals surface area contributed by atoms with Gasteiger partial charge < -0.3 is 10.6 Å². The maximum Gasteiger partial charge on any atom is 0.262 e. The van der Waals surface area contributed by atoms with Crippen LogP contribution >= 0.6 is 11.3 Å². The van der Waals surface area contributed by atoms with E-state index in [9.17, 15) is 9.59 Å². The highest BCUT2D eigenvalue weighted by Gasteiger charge is 2.25. The molecule has 0 spiro atoms. The first-order valence-corrected chi connectivity index (χ1v) is 8.04. The van der Waals surface area contributed by atoms with Crippen LogP contribution in [0.15, 0.2) is 41.8 Å². The van der Waals surface area contributed by atoms with E-state index in [1.807, 2.05) is 25.3 Å². The zero-order valence-electron chi connectivity index (χ0n) is 12.9. The average Bonchev–Trinajstić information content (AvgIpc) is 3.07. The molecule has 1 aromatic carbocycles. The molecule has 0 saturated carbocycles. The van der Waals surface area contributed by atoms with E-state index in [1.54, 1.807) is 36.4 Å². The fourth-order valence-electron chi connectivity index (χ4n) is 2.00. The standard InChI is InChI=1S/C17H17N3O2S/c1-11(2)15(20-16(21)14-4-3-9-23-14)17(22)19-13-7-5-12(10-18)6-8-13/h3-9,11,15H,1-2H3,(H,19,22)(H,20,21). The maximum absolute atomic E-state index is 12.4. The Labute approximate surface area is 138 Å². The van der Waals surface area contributed by atoms with Gasteiger partial charge in [-0.05, 0) is 41.6 Å². The number of amides is 2. The van der Waals surface area contributed by atoms with Crippen molar-refractivity contribution in [3.8, 4) is 6.07 Å². The van der Waals surface area contributed by atoms with Crippen LogP contribution in [0.25, 0.3) is 0 Å². The Morgan fingerprint density at radius 1 is 1.17 bits per heavy atom. The molecule has 6 heteroatoms. The fourth-order valence-corrected chi connectivity index (χ4v) is 2.63. The minimum atomic E-state index is -0.639. The van der Waals surface area contributed by atoms with Crippen LogP contribution in [0.2, 0.25) is 0 Å². The Kier molecular flexibility index (Phi) is 5.50. The van der Waals surface area contributed by atoms with E-state index in [-0.39, 0.29) is 17.7 Å². The number of hydrogen-bond donors (Lipinski definition) is 2. The minimum Gasteiger partial charge on any atom is -0.339 e. The first-order valence-electron chi connectivity index (χ1n) is 7.16. The second-order valence-electron chi connectivity index (χ2n) is 5.35. The molecule has 0 aliphatic heterocycles. The van der Waals surface area contributed by atoms with Crippen LogP contribution in [0.1, 0.15) is 29.1 Å². The summed E-state index contributed by atoms with van der Waals surface area (Å²) >= 11 is 1.33. The topological polar surface area (TPSA) is 82.0 Å². The number of rotatable bonds is 5. The molecule has 1 heterocycles. The van der Waals surface area contributed by atoms with Gasteiger partial charge in [-0.1, -0.05) is 19.9 Å². The Bertz CT molecular complexity index is 715. The van der Waals surface area contributed by atoms with Crippen LogP contribution < -0.4 is 10.6 Å². The summed E-state index contributed by atoms with van der Waals surface area (Å²) < 4.78 is 0. The summed E-state index contributed by atoms with van der Waals surface area (Å²) in [5.41, 5.74) is 1.11. The van der Waals surface area contributed by atoms with Crippen LogP contribution in [-0.2, 0) is 4.79 Å². The van der Waals surface area contributed by atoms with Gasteiger partial charge in [0.1, 0.15) is 6.04 Å². The van der Waals surface area contributed by atoms with Crippen molar-refractivity contribution in [3.05, 3.63) is 52.2 Å². The van der Waals surface area contributed by atoms with E-state index in [0.29, 0.717) is 16.1 Å². The van der Waals surface area contributed by atoms with Crippen LogP contribution in [0.3, 0.4) is 0 Å². The van der Waals surface area contributed by atoms with Crippen molar-refractivity contribution in [1.82, 2.24) is 5.32 Å². The summed E-state index contributed by atoms with van der Waals surface area (Å²) in [6.07, 6.45) is 0. The summed E-state index contributed by atoms with van der Waals surface area (Å²) in [5, 5.41) is 16.1. The summed E-state index contributed by atoms with van der Waals surface area (Å²) in [4.78, 5) is 25.1. The van der Waals surface area contributed by atoms with Crippen molar-refractivity contribution in [2.45, 2.75) is 19.9 Å². The van der Waals surface area contributed by atoms with E-state index in [2.05, 4.69) is 10.6 Å². The molecule has 1 aromatic heterocycles. The number of nitriles is 1. The molecule has 2 N–H and O–H groups in total. The van der Waals surface area contributed by atoms with Crippen LogP contribution in [-0.4, -0.2) is 17.9 Å². The van der Waals surface area contributed by atoms with E-state index in [0.717, 1.165) is 0 Å². The molecule has 2 amide bonds. The van der Waals surface area contributed by atoms with Gasteiger partial charge in [0.05, 0.1) is 16.5 Å². The normalized spacial score (nSPS) is 11.6. The number of anilines is 1. The van der Waals surface area contributed by atoms with Gasteiger partial charge in [0, 0.05) is 5.69 Å². The van der Waals surface area contributed by atoms with Crippen molar-refractivity contribution in [1.29, 1.82) is 5.26 Å². The van der Waals surface area contributed by atoms with Crippen LogP contribution in [0.4, 0.5) is 5.69 Å². The zero-order chi connectivity index (χ0) is 16.8. The molecule has 118 valence electrons. The molecule has 23 heavy (non-hydrogen) atoms. The summed E-state index contributed by atoms with van der Waals surface area (Å²) in [6, 6.07) is 11.5. The number of carbonyl (C=O) groups is 2. The molecule has 0 saturated heterocycles. The van der Waals surface area contributed by atoms with Gasteiger partial charge in [0.2, 0.25) is 5.91 Å². The largest absolute Gasteiger partial charge is 0.339 e. The first kappa shape index (κ1) is 16.7. The van der Waals surface area contributed by atoms with Gasteiger partial charge in [-0.2, -0.15) is 5.26 Å². The molecule has 2 aromatic rings. The zero-order valence-corrected chi connectivity index (χ0v) is 13.7. The Morgan fingerprint density at radius 3 is 2.39 bits per heavy atom. The maximum atomic E-state index is 12.4. The lowest BCUT2D eigenvalue weighted by Crippen LogP contribution is -2.46. The summed E-state index contributed by atoms with van der Waals surface area (Å²) in [5.74, 6) is -0.597. The van der Waals surface area contributed by atoms with E-state index in [1.165, 1.54) is 11.3 Å². The molecule has 1 atom stereocenters. The van der Waals surface area contributed by atoms with Crippen molar-refractivity contribution >= 4 is 28.8 Å². The predicted molar refractivity (Wildman–Crippen MR) is 90.2 cm³/mol. The molecular weight excluding hydrogens is 310 g/mol. The average molecular weight is 327 g/mol. The molecule has 0 aliphatic rings. The van der Waals surface area contributed by atoms with E-state index in [4.69, 9.17) is 5.26 Å². The summed E-state index contributed by atoms with van der Waals surface area (Å²) in [7, 11) is 0. The lowest BCUT2D eigenvalue weighted by atomic mass is 10.0. The Balaban J connectivity index is 2.06. The predicted octanol–water partition coefficient (Wildman–Crippen LogP) is 3.01. The highest BCUT2D eigenvalue weighted by atomic mass is 32.1. The third kappa shape index (κ3) is 4.41. The van der Waals surface area contributed by atoms with E-state index >= 15 is 0 Å². The molecule has 0 bridgehead atoms. The number of nitrogens with one attached hydrogen (secondary N) is 2. The SMILES string of the molecule is CC(C)C(NC(=O)c1cccs1)C(=O)Nc1ccc(C#N)cc1. The number of thiophene rings is 1. The highest BCUT2D eigenvalue weighted by molar-refractivity contribution is 7.12. The quantitative estimate of drug-likeness (QED) is 0.885. The third-order valence-corrected chi connectivity index (χ3v) is 4.13. The molecular formula is C17H17N3O2S. The fraction of sp³-hybridized carbons (Fsp3) is 0.235. The molecule has 0 radical (unpaired) electrons. The van der Waals surface area contributed by atoms with Crippen molar-refractivity contribution in [2.75, 3.05) is 5.32 Å². The van der Waals surface area contributed by atoms with Gasteiger partial charge >= 0.3 is 0 Å². The highest BCUT2D eigenvalue weighted by Crippen LogP contribution is 2.13. The van der Waals surface area contributed by atoms with Crippen molar-refractivity contribution in [3.63, 3.8) is 0 Å². The molecule has 5 nitrogen and oxygen atoms in total. The van der Waals surface area contributed by atoms with Crippen molar-refractivity contribution in [2.24, 2.45) is 5.92 Å². The second kappa shape index (κ2) is 7.56. The first-order chi connectivity index (χ1) is 11.0. The number of carbonyl (C=O) groups excluding carboxylic acids is 2.